The second kappa shape index (κ2) is 6.43. The van der Waals surface area contributed by atoms with Crippen molar-refractivity contribution in [2.45, 2.75) is 51.9 Å². The van der Waals surface area contributed by atoms with Crippen LogP contribution < -0.4 is 0 Å². The van der Waals surface area contributed by atoms with Gasteiger partial charge in [-0.2, -0.15) is 0 Å². The number of carbonyl (C=O) groups is 1. The molecule has 0 aromatic heterocycles. The van der Waals surface area contributed by atoms with Crippen molar-refractivity contribution < 1.29 is 9.90 Å². The van der Waals surface area contributed by atoms with Crippen LogP contribution in [0, 0.1) is 0 Å². The molecular formula is C15H22O2. The zero-order chi connectivity index (χ0) is 12.8. The van der Waals surface area contributed by atoms with Gasteiger partial charge in [-0.25, -0.2) is 0 Å². The number of hydrogen-bond donors (Lipinski definition) is 1. The van der Waals surface area contributed by atoms with Gasteiger partial charge in [-0.05, 0) is 35.8 Å². The summed E-state index contributed by atoms with van der Waals surface area (Å²) in [6, 6.07) is 8.43. The van der Waals surface area contributed by atoms with Crippen molar-refractivity contribution in [2.24, 2.45) is 0 Å². The molecule has 0 spiro atoms. The monoisotopic (exact) mass is 234 g/mol. The van der Waals surface area contributed by atoms with Gasteiger partial charge in [0.25, 0.3) is 0 Å². The Morgan fingerprint density at radius 2 is 1.65 bits per heavy atom. The Kier molecular flexibility index (Phi) is 5.20. The van der Waals surface area contributed by atoms with Crippen LogP contribution in [-0.4, -0.2) is 11.1 Å². The fraction of sp³-hybridized carbons (Fsp3) is 0.533. The molecule has 2 unspecified atom stereocenters. The van der Waals surface area contributed by atoms with Crippen LogP contribution in [0.15, 0.2) is 24.3 Å². The number of benzene rings is 1. The third-order valence-electron chi connectivity index (χ3n) is 3.50. The summed E-state index contributed by atoms with van der Waals surface area (Å²) in [6.07, 6.45) is 2.22. The Hall–Kier alpha value is -1.31. The maximum absolute atomic E-state index is 10.8. The van der Waals surface area contributed by atoms with Gasteiger partial charge in [-0.1, -0.05) is 45.0 Å². The van der Waals surface area contributed by atoms with E-state index in [0.717, 1.165) is 18.4 Å². The molecule has 0 aliphatic rings. The predicted molar refractivity (Wildman–Crippen MR) is 70.4 cm³/mol. The molecule has 0 aliphatic heterocycles. The topological polar surface area (TPSA) is 37.3 Å². The molecule has 0 amide bonds. The van der Waals surface area contributed by atoms with Crippen LogP contribution >= 0.6 is 0 Å². The summed E-state index contributed by atoms with van der Waals surface area (Å²) < 4.78 is 0. The lowest BCUT2D eigenvalue weighted by Crippen LogP contribution is -2.05. The van der Waals surface area contributed by atoms with Gasteiger partial charge >= 0.3 is 5.97 Å². The molecule has 1 N–H and O–H groups in total. The van der Waals surface area contributed by atoms with Crippen LogP contribution in [0.2, 0.25) is 0 Å². The Labute approximate surface area is 104 Å². The van der Waals surface area contributed by atoms with Crippen LogP contribution in [0.25, 0.3) is 0 Å². The fourth-order valence-corrected chi connectivity index (χ4v) is 2.04. The third-order valence-corrected chi connectivity index (χ3v) is 3.50. The molecule has 2 nitrogen and oxygen atoms in total. The Balaban J connectivity index is 2.81. The van der Waals surface area contributed by atoms with Crippen LogP contribution in [0.4, 0.5) is 0 Å². The minimum Gasteiger partial charge on any atom is -0.481 e. The van der Waals surface area contributed by atoms with E-state index >= 15 is 0 Å². The molecule has 1 rings (SSSR count). The summed E-state index contributed by atoms with van der Waals surface area (Å²) in [4.78, 5) is 10.8. The molecule has 94 valence electrons. The van der Waals surface area contributed by atoms with E-state index < -0.39 is 5.97 Å². The molecule has 0 bridgehead atoms. The first-order valence-corrected chi connectivity index (χ1v) is 6.40. The third kappa shape index (κ3) is 3.88. The summed E-state index contributed by atoms with van der Waals surface area (Å²) in [5.74, 6) is -0.00932. The summed E-state index contributed by atoms with van der Waals surface area (Å²) >= 11 is 0. The molecule has 0 fully saturated rings. The fourth-order valence-electron chi connectivity index (χ4n) is 2.04. The van der Waals surface area contributed by atoms with Gasteiger partial charge in [0.15, 0.2) is 0 Å². The average molecular weight is 234 g/mol. The quantitative estimate of drug-likeness (QED) is 0.802. The second-order valence-electron chi connectivity index (χ2n) is 4.68. The van der Waals surface area contributed by atoms with Crippen molar-refractivity contribution >= 4 is 5.97 Å². The van der Waals surface area contributed by atoms with Gasteiger partial charge in [0.1, 0.15) is 0 Å². The molecule has 2 atom stereocenters. The molecule has 0 aliphatic carbocycles. The zero-order valence-electron chi connectivity index (χ0n) is 10.9. The van der Waals surface area contributed by atoms with Crippen molar-refractivity contribution in [2.75, 3.05) is 0 Å². The van der Waals surface area contributed by atoms with Gasteiger partial charge in [-0.15, -0.1) is 0 Å². The summed E-state index contributed by atoms with van der Waals surface area (Å²) in [7, 11) is 0. The van der Waals surface area contributed by atoms with Gasteiger partial charge in [-0.3, -0.25) is 4.79 Å². The first-order chi connectivity index (χ1) is 8.08. The smallest absolute Gasteiger partial charge is 0.303 e. The van der Waals surface area contributed by atoms with Gasteiger partial charge < -0.3 is 5.11 Å². The van der Waals surface area contributed by atoms with E-state index in [4.69, 9.17) is 5.11 Å². The minimum atomic E-state index is -0.720. The normalized spacial score (nSPS) is 14.3. The Morgan fingerprint density at radius 3 is 2.06 bits per heavy atom. The van der Waals surface area contributed by atoms with Crippen molar-refractivity contribution in [3.05, 3.63) is 35.4 Å². The molecular weight excluding hydrogens is 212 g/mol. The van der Waals surface area contributed by atoms with Crippen molar-refractivity contribution in [3.63, 3.8) is 0 Å². The number of rotatable bonds is 6. The lowest BCUT2D eigenvalue weighted by atomic mass is 9.90. The van der Waals surface area contributed by atoms with Crippen molar-refractivity contribution in [3.8, 4) is 0 Å². The molecule has 1 aromatic rings. The highest BCUT2D eigenvalue weighted by molar-refractivity contribution is 5.68. The standard InChI is InChI=1S/C15H22O2/c1-4-11(3)13-6-8-14(9-7-13)12(5-2)10-15(16)17/h6-9,11-12H,4-5,10H2,1-3H3,(H,16,17). The largest absolute Gasteiger partial charge is 0.481 e. The van der Waals surface area contributed by atoms with Crippen LogP contribution in [0.1, 0.15) is 63.0 Å². The second-order valence-corrected chi connectivity index (χ2v) is 4.68. The average Bonchev–Trinajstić information content (AvgIpc) is 2.35. The van der Waals surface area contributed by atoms with Gasteiger partial charge in [0.2, 0.25) is 0 Å². The molecule has 0 radical (unpaired) electrons. The molecule has 17 heavy (non-hydrogen) atoms. The zero-order valence-corrected chi connectivity index (χ0v) is 10.9. The Morgan fingerprint density at radius 1 is 1.12 bits per heavy atom. The van der Waals surface area contributed by atoms with E-state index in [2.05, 4.69) is 38.1 Å². The summed E-state index contributed by atoms with van der Waals surface area (Å²) in [6.45, 7) is 6.43. The highest BCUT2D eigenvalue weighted by atomic mass is 16.4. The van der Waals surface area contributed by atoms with E-state index in [1.165, 1.54) is 5.56 Å². The lowest BCUT2D eigenvalue weighted by Gasteiger charge is -2.15. The SMILES string of the molecule is CCC(C)c1ccc(C(CC)CC(=O)O)cc1. The van der Waals surface area contributed by atoms with Crippen LogP contribution in [0.5, 0.6) is 0 Å². The molecule has 0 saturated heterocycles. The summed E-state index contributed by atoms with van der Waals surface area (Å²) in [5, 5.41) is 8.86. The first-order valence-electron chi connectivity index (χ1n) is 6.40. The van der Waals surface area contributed by atoms with Gasteiger partial charge in [0.05, 0.1) is 6.42 Å². The highest BCUT2D eigenvalue weighted by Gasteiger charge is 2.13. The molecule has 2 heteroatoms. The maximum Gasteiger partial charge on any atom is 0.303 e. The van der Waals surface area contributed by atoms with E-state index in [0.29, 0.717) is 5.92 Å². The number of hydrogen-bond acceptors (Lipinski definition) is 1. The maximum atomic E-state index is 10.8. The van der Waals surface area contributed by atoms with E-state index in [9.17, 15) is 4.79 Å². The van der Waals surface area contributed by atoms with E-state index in [1.807, 2.05) is 6.92 Å². The van der Waals surface area contributed by atoms with E-state index in [-0.39, 0.29) is 12.3 Å². The van der Waals surface area contributed by atoms with Crippen LogP contribution in [0.3, 0.4) is 0 Å². The molecule has 0 saturated carbocycles. The molecule has 1 aromatic carbocycles. The van der Waals surface area contributed by atoms with Crippen LogP contribution in [-0.2, 0) is 4.79 Å². The summed E-state index contributed by atoms with van der Waals surface area (Å²) in [5.41, 5.74) is 2.48. The first kappa shape index (κ1) is 13.8. The highest BCUT2D eigenvalue weighted by Crippen LogP contribution is 2.26. The van der Waals surface area contributed by atoms with Crippen molar-refractivity contribution in [1.82, 2.24) is 0 Å². The minimum absolute atomic E-state index is 0.137. The van der Waals surface area contributed by atoms with Crippen molar-refractivity contribution in [1.29, 1.82) is 0 Å². The lowest BCUT2D eigenvalue weighted by molar-refractivity contribution is -0.137. The number of carboxylic acid groups (broad SMARTS) is 1. The predicted octanol–water partition coefficient (Wildman–Crippen LogP) is 4.17. The van der Waals surface area contributed by atoms with Gasteiger partial charge in [0, 0.05) is 0 Å². The number of carboxylic acids is 1. The number of aliphatic carboxylic acids is 1. The Bertz CT molecular complexity index is 354. The molecule has 0 heterocycles. The van der Waals surface area contributed by atoms with E-state index in [1.54, 1.807) is 0 Å².